The molecule has 6 nitrogen and oxygen atoms in total. The zero-order valence-electron chi connectivity index (χ0n) is 7.47. The third-order valence-electron chi connectivity index (χ3n) is 2.24. The van der Waals surface area contributed by atoms with E-state index in [0.29, 0.717) is 25.2 Å². The van der Waals surface area contributed by atoms with E-state index >= 15 is 0 Å². The molecule has 0 fully saturated rings. The minimum absolute atomic E-state index is 0.191. The Morgan fingerprint density at radius 3 is 3.14 bits per heavy atom. The smallest absolute Gasteiger partial charge is 0.407 e. The molecule has 0 spiro atoms. The zero-order valence-corrected chi connectivity index (χ0v) is 7.47. The van der Waals surface area contributed by atoms with Gasteiger partial charge in [-0.1, -0.05) is 0 Å². The average Bonchev–Trinajstić information content (AvgIpc) is 2.16. The van der Waals surface area contributed by atoms with Crippen LogP contribution < -0.4 is 5.73 Å². The van der Waals surface area contributed by atoms with Gasteiger partial charge in [-0.2, -0.15) is 0 Å². The summed E-state index contributed by atoms with van der Waals surface area (Å²) in [5, 5.41) is 8.78. The third-order valence-corrected chi connectivity index (χ3v) is 2.24. The van der Waals surface area contributed by atoms with Crippen molar-refractivity contribution in [2.24, 2.45) is 0 Å². The van der Waals surface area contributed by atoms with Crippen molar-refractivity contribution in [3.63, 3.8) is 0 Å². The van der Waals surface area contributed by atoms with Crippen molar-refractivity contribution in [2.75, 3.05) is 12.3 Å². The van der Waals surface area contributed by atoms with E-state index in [1.54, 1.807) is 6.20 Å². The molecule has 0 aliphatic carbocycles. The van der Waals surface area contributed by atoms with Crippen molar-refractivity contribution in [3.05, 3.63) is 17.5 Å². The third kappa shape index (κ3) is 1.46. The van der Waals surface area contributed by atoms with Gasteiger partial charge in [0.15, 0.2) is 0 Å². The molecule has 1 amide bonds. The Kier molecular flexibility index (Phi) is 1.95. The molecule has 1 aromatic heterocycles. The van der Waals surface area contributed by atoms with Crippen molar-refractivity contribution < 1.29 is 9.90 Å². The van der Waals surface area contributed by atoms with Crippen molar-refractivity contribution >= 4 is 12.0 Å². The van der Waals surface area contributed by atoms with E-state index in [1.807, 2.05) is 0 Å². The number of nitrogen functional groups attached to an aromatic ring is 1. The van der Waals surface area contributed by atoms with Crippen molar-refractivity contribution in [1.29, 1.82) is 0 Å². The van der Waals surface area contributed by atoms with Gasteiger partial charge in [-0.15, -0.1) is 0 Å². The molecule has 2 heterocycles. The van der Waals surface area contributed by atoms with E-state index in [0.717, 1.165) is 5.56 Å². The highest BCUT2D eigenvalue weighted by Crippen LogP contribution is 2.16. The summed E-state index contributed by atoms with van der Waals surface area (Å²) in [6, 6.07) is 0. The highest BCUT2D eigenvalue weighted by molar-refractivity contribution is 5.65. The average molecular weight is 194 g/mol. The Balaban J connectivity index is 2.29. The number of anilines is 1. The first-order chi connectivity index (χ1) is 6.66. The van der Waals surface area contributed by atoms with Gasteiger partial charge < -0.3 is 15.7 Å². The van der Waals surface area contributed by atoms with E-state index in [-0.39, 0.29) is 5.95 Å². The molecule has 1 aliphatic heterocycles. The minimum Gasteiger partial charge on any atom is -0.465 e. The van der Waals surface area contributed by atoms with Gasteiger partial charge >= 0.3 is 6.09 Å². The quantitative estimate of drug-likeness (QED) is 0.610. The second-order valence-corrected chi connectivity index (χ2v) is 3.15. The van der Waals surface area contributed by atoms with Gasteiger partial charge in [0, 0.05) is 12.7 Å². The standard InChI is InChI=1S/C8H10N4O2/c9-7-10-3-5-1-2-12(8(13)14)4-6(5)11-7/h3H,1-2,4H2,(H,13,14)(H2,9,10,11). The highest BCUT2D eigenvalue weighted by Gasteiger charge is 2.21. The Morgan fingerprint density at radius 2 is 2.43 bits per heavy atom. The normalized spacial score (nSPS) is 15.0. The lowest BCUT2D eigenvalue weighted by atomic mass is 10.1. The first-order valence-corrected chi connectivity index (χ1v) is 4.25. The summed E-state index contributed by atoms with van der Waals surface area (Å²) in [7, 11) is 0. The van der Waals surface area contributed by atoms with E-state index < -0.39 is 6.09 Å². The number of amides is 1. The SMILES string of the molecule is Nc1ncc2c(n1)CN(C(=O)O)CC2. The second kappa shape index (κ2) is 3.13. The number of nitrogens with zero attached hydrogens (tertiary/aromatic N) is 3. The molecule has 1 aromatic rings. The van der Waals surface area contributed by atoms with Crippen LogP contribution >= 0.6 is 0 Å². The van der Waals surface area contributed by atoms with Crippen molar-refractivity contribution in [3.8, 4) is 0 Å². The summed E-state index contributed by atoms with van der Waals surface area (Å²) in [5.41, 5.74) is 7.11. The van der Waals surface area contributed by atoms with E-state index in [1.165, 1.54) is 4.90 Å². The number of carbonyl (C=O) groups is 1. The van der Waals surface area contributed by atoms with E-state index in [9.17, 15) is 4.79 Å². The summed E-state index contributed by atoms with van der Waals surface area (Å²) < 4.78 is 0. The highest BCUT2D eigenvalue weighted by atomic mass is 16.4. The monoisotopic (exact) mass is 194 g/mol. The van der Waals surface area contributed by atoms with Crippen LogP contribution in [0.15, 0.2) is 6.20 Å². The predicted octanol–water partition coefficient (Wildman–Crippen LogP) is 0.0949. The molecule has 74 valence electrons. The topological polar surface area (TPSA) is 92.3 Å². The number of hydrogen-bond acceptors (Lipinski definition) is 4. The van der Waals surface area contributed by atoms with Crippen LogP contribution in [0.2, 0.25) is 0 Å². The molecule has 3 N–H and O–H groups in total. The fraction of sp³-hybridized carbons (Fsp3) is 0.375. The predicted molar refractivity (Wildman–Crippen MR) is 48.6 cm³/mol. The Labute approximate surface area is 80.4 Å². The molecule has 0 unspecified atom stereocenters. The Bertz CT molecular complexity index is 380. The van der Waals surface area contributed by atoms with Gasteiger partial charge in [0.2, 0.25) is 5.95 Å². The molecular formula is C8H10N4O2. The van der Waals surface area contributed by atoms with Crippen LogP contribution in [0.25, 0.3) is 0 Å². The first-order valence-electron chi connectivity index (χ1n) is 4.25. The van der Waals surface area contributed by atoms with Gasteiger partial charge in [0.05, 0.1) is 12.2 Å². The summed E-state index contributed by atoms with van der Waals surface area (Å²) in [4.78, 5) is 19.9. The van der Waals surface area contributed by atoms with Gasteiger partial charge in [-0.3, -0.25) is 0 Å². The Morgan fingerprint density at radius 1 is 1.64 bits per heavy atom. The van der Waals surface area contributed by atoms with Crippen LogP contribution in [0, 0.1) is 0 Å². The number of rotatable bonds is 0. The number of aromatic nitrogens is 2. The van der Waals surface area contributed by atoms with E-state index in [2.05, 4.69) is 9.97 Å². The number of nitrogens with two attached hydrogens (primary N) is 1. The number of fused-ring (bicyclic) bond motifs is 1. The lowest BCUT2D eigenvalue weighted by Crippen LogP contribution is -2.35. The summed E-state index contributed by atoms with van der Waals surface area (Å²) >= 11 is 0. The van der Waals surface area contributed by atoms with Crippen molar-refractivity contribution in [1.82, 2.24) is 14.9 Å². The van der Waals surface area contributed by atoms with Gasteiger partial charge in [-0.25, -0.2) is 14.8 Å². The lowest BCUT2D eigenvalue weighted by Gasteiger charge is -2.24. The van der Waals surface area contributed by atoms with Gasteiger partial charge in [0.1, 0.15) is 0 Å². The van der Waals surface area contributed by atoms with Crippen LogP contribution in [0.4, 0.5) is 10.7 Å². The van der Waals surface area contributed by atoms with Gasteiger partial charge in [0.25, 0.3) is 0 Å². The Hall–Kier alpha value is -1.85. The fourth-order valence-corrected chi connectivity index (χ4v) is 1.48. The molecule has 1 aliphatic rings. The summed E-state index contributed by atoms with van der Waals surface area (Å²) in [5.74, 6) is 0.191. The molecule has 0 saturated heterocycles. The molecule has 0 atom stereocenters. The molecule has 0 saturated carbocycles. The first kappa shape index (κ1) is 8.74. The largest absolute Gasteiger partial charge is 0.465 e. The second-order valence-electron chi connectivity index (χ2n) is 3.15. The molecule has 6 heteroatoms. The minimum atomic E-state index is -0.923. The number of hydrogen-bond donors (Lipinski definition) is 2. The fourth-order valence-electron chi connectivity index (χ4n) is 1.48. The molecule has 0 bridgehead atoms. The molecular weight excluding hydrogens is 184 g/mol. The van der Waals surface area contributed by atoms with Crippen LogP contribution in [-0.2, 0) is 13.0 Å². The summed E-state index contributed by atoms with van der Waals surface area (Å²) in [6.07, 6.45) is 1.39. The van der Waals surface area contributed by atoms with Crippen LogP contribution in [-0.4, -0.2) is 32.6 Å². The maximum absolute atomic E-state index is 10.7. The molecule has 0 aromatic carbocycles. The maximum atomic E-state index is 10.7. The lowest BCUT2D eigenvalue weighted by molar-refractivity contribution is 0.139. The molecule has 2 rings (SSSR count). The van der Waals surface area contributed by atoms with Crippen LogP contribution in [0.1, 0.15) is 11.3 Å². The maximum Gasteiger partial charge on any atom is 0.407 e. The summed E-state index contributed by atoms with van der Waals surface area (Å²) in [6.45, 7) is 0.799. The molecule has 14 heavy (non-hydrogen) atoms. The molecule has 0 radical (unpaired) electrons. The zero-order chi connectivity index (χ0) is 10.1. The van der Waals surface area contributed by atoms with Crippen LogP contribution in [0.3, 0.4) is 0 Å². The van der Waals surface area contributed by atoms with E-state index in [4.69, 9.17) is 10.8 Å². The number of carboxylic acid groups (broad SMARTS) is 1. The van der Waals surface area contributed by atoms with Crippen molar-refractivity contribution in [2.45, 2.75) is 13.0 Å². The van der Waals surface area contributed by atoms with Crippen LogP contribution in [0.5, 0.6) is 0 Å². The van der Waals surface area contributed by atoms with Gasteiger partial charge in [-0.05, 0) is 12.0 Å².